The van der Waals surface area contributed by atoms with E-state index in [1.165, 1.54) is 28.4 Å². The average Bonchev–Trinajstić information content (AvgIpc) is 4.07. The Morgan fingerprint density at radius 3 is 2.56 bits per heavy atom. The molecule has 3 amide bonds. The molecule has 2 aromatic carbocycles. The lowest BCUT2D eigenvalue weighted by atomic mass is 10.1. The third kappa shape index (κ3) is 8.28. The second kappa shape index (κ2) is 15.7. The van der Waals surface area contributed by atoms with Gasteiger partial charge in [-0.25, -0.2) is 18.4 Å². The second-order valence-electron chi connectivity index (χ2n) is 16.2. The Morgan fingerprint density at radius 1 is 1.03 bits per heavy atom. The maximum absolute atomic E-state index is 14.8. The van der Waals surface area contributed by atoms with Gasteiger partial charge in [-0.1, -0.05) is 49.3 Å². The van der Waals surface area contributed by atoms with E-state index in [4.69, 9.17) is 9.15 Å². The number of nitrogens with zero attached hydrogens (tertiary/aromatic N) is 4. The number of benzene rings is 2. The number of alkyl halides is 3. The molecule has 5 atom stereocenters. The quantitative estimate of drug-likeness (QED) is 0.142. The van der Waals surface area contributed by atoms with Crippen molar-refractivity contribution in [1.82, 2.24) is 29.9 Å². The van der Waals surface area contributed by atoms with Gasteiger partial charge in [-0.05, 0) is 69.7 Å². The summed E-state index contributed by atoms with van der Waals surface area (Å²) >= 11 is 1.35. The number of fused-ring (bicyclic) bond motifs is 5. The molecule has 19 heteroatoms. The Bertz CT molecular complexity index is 2660. The van der Waals surface area contributed by atoms with E-state index < -0.39 is 74.4 Å². The van der Waals surface area contributed by atoms with Gasteiger partial charge in [-0.2, -0.15) is 18.2 Å². The molecule has 2 aliphatic heterocycles. The van der Waals surface area contributed by atoms with Crippen LogP contribution in [0.1, 0.15) is 69.0 Å². The van der Waals surface area contributed by atoms with Crippen LogP contribution >= 0.6 is 11.3 Å². The van der Waals surface area contributed by atoms with Crippen molar-refractivity contribution in [2.75, 3.05) is 11.9 Å². The Morgan fingerprint density at radius 2 is 1.82 bits per heavy atom. The zero-order valence-corrected chi connectivity index (χ0v) is 34.5. The monoisotopic (exact) mass is 877 g/mol. The molecule has 2 saturated carbocycles. The highest BCUT2D eigenvalue weighted by molar-refractivity contribution is 7.91. The predicted molar refractivity (Wildman–Crippen MR) is 220 cm³/mol. The minimum Gasteiger partial charge on any atom is -0.470 e. The van der Waals surface area contributed by atoms with Crippen molar-refractivity contribution in [3.63, 3.8) is 0 Å². The lowest BCUT2D eigenvalue weighted by Crippen LogP contribution is -2.57. The number of aryl methyl sites for hydroxylation is 1. The van der Waals surface area contributed by atoms with Crippen LogP contribution < -0.4 is 20.1 Å². The Balaban J connectivity index is 1.07. The molecule has 2 aliphatic carbocycles. The molecule has 0 spiro atoms. The molecule has 0 unspecified atom stereocenters. The van der Waals surface area contributed by atoms with Crippen molar-refractivity contribution in [3.05, 3.63) is 77.3 Å². The first-order chi connectivity index (χ1) is 29.2. The van der Waals surface area contributed by atoms with E-state index in [-0.39, 0.29) is 42.2 Å². The number of allylic oxidation sites excluding steroid dienone is 1. The van der Waals surface area contributed by atoms with Crippen LogP contribution in [-0.4, -0.2) is 81.5 Å². The minimum absolute atomic E-state index is 0.0434. The number of carbonyl (C=O) groups is 3. The molecule has 9 rings (SSSR count). The molecule has 0 radical (unpaired) electrons. The number of anilines is 1. The number of sulfonamides is 1. The molecule has 3 N–H and O–H groups in total. The summed E-state index contributed by atoms with van der Waals surface area (Å²) in [5.74, 6) is -2.32. The summed E-state index contributed by atoms with van der Waals surface area (Å²) in [6.07, 6.45) is 2.84. The predicted octanol–water partition coefficient (Wildman–Crippen LogP) is 6.66. The van der Waals surface area contributed by atoms with E-state index in [1.54, 1.807) is 24.3 Å². The summed E-state index contributed by atoms with van der Waals surface area (Å²) in [5.41, 5.74) is -0.359. The number of carbonyl (C=O) groups excluding carboxylic acids is 3. The molecular formula is C42H42F3N7O7S2. The van der Waals surface area contributed by atoms with Gasteiger partial charge in [0.2, 0.25) is 27.4 Å². The molecule has 4 aliphatic rings. The normalized spacial score (nSPS) is 25.5. The van der Waals surface area contributed by atoms with Gasteiger partial charge in [0.25, 0.3) is 11.8 Å². The van der Waals surface area contributed by atoms with Gasteiger partial charge >= 0.3 is 6.18 Å². The van der Waals surface area contributed by atoms with Gasteiger partial charge in [-0.15, -0.1) is 11.3 Å². The number of halogens is 3. The number of hydrogen-bond donors (Lipinski definition) is 3. The number of para-hydroxylation sites is 1. The Hall–Kier alpha value is -5.56. The molecule has 3 fully saturated rings. The summed E-state index contributed by atoms with van der Waals surface area (Å²) in [6.45, 7) is 1.75. The second-order valence-corrected chi connectivity index (χ2v) is 19.0. The zero-order valence-electron chi connectivity index (χ0n) is 32.9. The summed E-state index contributed by atoms with van der Waals surface area (Å²) in [6, 6.07) is 9.55. The summed E-state index contributed by atoms with van der Waals surface area (Å²) in [7, 11) is -3.94. The molecule has 5 heterocycles. The molecule has 3 aromatic heterocycles. The fraction of sp³-hybridized carbons (Fsp3) is 0.429. The van der Waals surface area contributed by atoms with Crippen LogP contribution in [0.3, 0.4) is 0 Å². The average molecular weight is 878 g/mol. The van der Waals surface area contributed by atoms with Crippen molar-refractivity contribution < 1.29 is 45.1 Å². The van der Waals surface area contributed by atoms with E-state index in [9.17, 15) is 36.0 Å². The number of nitrogens with one attached hydrogen (secondary N) is 3. The van der Waals surface area contributed by atoms with E-state index >= 15 is 0 Å². The van der Waals surface area contributed by atoms with Crippen LogP contribution in [0.5, 0.6) is 5.88 Å². The first-order valence-corrected chi connectivity index (χ1v) is 22.7. The first-order valence-electron chi connectivity index (χ1n) is 20.3. The van der Waals surface area contributed by atoms with Crippen molar-refractivity contribution in [2.45, 2.75) is 99.9 Å². The summed E-state index contributed by atoms with van der Waals surface area (Å²) in [5, 5.41) is 8.53. The molecule has 14 nitrogen and oxygen atoms in total. The maximum atomic E-state index is 14.8. The molecular weight excluding hydrogens is 836 g/mol. The van der Waals surface area contributed by atoms with E-state index in [0.29, 0.717) is 53.7 Å². The first kappa shape index (κ1) is 40.8. The molecule has 1 saturated heterocycles. The van der Waals surface area contributed by atoms with Crippen molar-refractivity contribution in [3.8, 4) is 17.3 Å². The highest BCUT2D eigenvalue weighted by Gasteiger charge is 2.62. The number of aromatic nitrogens is 3. The third-order valence-corrected chi connectivity index (χ3v) is 14.4. The van der Waals surface area contributed by atoms with Crippen LogP contribution in [-0.2, 0) is 30.6 Å². The number of hydrogen-bond acceptors (Lipinski definition) is 12. The number of rotatable bonds is 8. The lowest BCUT2D eigenvalue weighted by Gasteiger charge is -2.29. The van der Waals surface area contributed by atoms with E-state index in [1.807, 2.05) is 24.5 Å². The van der Waals surface area contributed by atoms with Crippen molar-refractivity contribution >= 4 is 66.3 Å². The topological polar surface area (TPSA) is 186 Å². The smallest absolute Gasteiger partial charge is 0.416 e. The SMILES string of the molecule is Cc1csc(N[C@H]2CCCCC/C=C\[C@@H]3C[C@@]3(C(=O)NS(=O)(=O)C3CC3)NC(=O)[C@@H]3C[C@@H](Oc4nc(-c5ccc(C(F)(F)F)cc5)nc5c4oc4ccccc45)CN3C2=O)n1. The van der Waals surface area contributed by atoms with Crippen molar-refractivity contribution in [1.29, 1.82) is 0 Å². The van der Waals surface area contributed by atoms with Gasteiger partial charge in [0.15, 0.2) is 11.0 Å². The van der Waals surface area contributed by atoms with Gasteiger partial charge in [0, 0.05) is 28.7 Å². The largest absolute Gasteiger partial charge is 0.470 e. The Labute approximate surface area is 352 Å². The van der Waals surface area contributed by atoms with E-state index in [2.05, 4.69) is 30.3 Å². The van der Waals surface area contributed by atoms with Crippen LogP contribution in [0.15, 0.2) is 70.5 Å². The summed E-state index contributed by atoms with van der Waals surface area (Å²) < 4.78 is 81.2. The fourth-order valence-corrected chi connectivity index (χ4v) is 10.3. The Kier molecular flexibility index (Phi) is 10.5. The molecule has 320 valence electrons. The molecule has 0 bridgehead atoms. The van der Waals surface area contributed by atoms with Crippen LogP contribution in [0.25, 0.3) is 33.5 Å². The zero-order chi connectivity index (χ0) is 42.7. The van der Waals surface area contributed by atoms with Gasteiger partial charge in [-0.3, -0.25) is 19.1 Å². The van der Waals surface area contributed by atoms with Crippen molar-refractivity contribution in [2.24, 2.45) is 5.92 Å². The molecule has 5 aromatic rings. The standard InChI is InChI=1S/C42H42F3N7O7S2/c1-23-22-60-40(46-23)47-30-11-6-4-2-3-5-9-26-20-41(26,39(55)51-61(56,57)28-17-18-28)50-36(53)31-19-27(21-52(31)38(30)54)58-37-34-33(29-10-7-8-12-32(29)59-34)48-35(49-37)24-13-15-25(16-14-24)42(43,44)45/h5,7-10,12-16,22,26-28,30-31H,2-4,6,11,17-21H2,1H3,(H,46,47)(H,50,53)(H,51,55)/b9-5-/t26-,27-,30+,31+,41-/m1/s1. The van der Waals surface area contributed by atoms with Gasteiger partial charge in [0.1, 0.15) is 34.8 Å². The number of amides is 3. The number of ether oxygens (including phenoxy) is 1. The van der Waals surface area contributed by atoms with Crippen LogP contribution in [0.4, 0.5) is 18.3 Å². The number of thiazole rings is 1. The maximum Gasteiger partial charge on any atom is 0.416 e. The minimum atomic E-state index is -4.55. The molecule has 61 heavy (non-hydrogen) atoms. The van der Waals surface area contributed by atoms with Crippen LogP contribution in [0.2, 0.25) is 0 Å². The van der Waals surface area contributed by atoms with Crippen LogP contribution in [0, 0.1) is 12.8 Å². The number of furan rings is 1. The fourth-order valence-electron chi connectivity index (χ4n) is 8.16. The summed E-state index contributed by atoms with van der Waals surface area (Å²) in [4.78, 5) is 58.5. The van der Waals surface area contributed by atoms with Gasteiger partial charge in [0.05, 0.1) is 23.1 Å². The third-order valence-electron chi connectivity index (χ3n) is 11.7. The van der Waals surface area contributed by atoms with Gasteiger partial charge < -0.3 is 24.7 Å². The highest BCUT2D eigenvalue weighted by atomic mass is 32.2. The van der Waals surface area contributed by atoms with E-state index in [0.717, 1.165) is 30.7 Å². The lowest BCUT2D eigenvalue weighted by molar-refractivity contribution is -0.140. The highest BCUT2D eigenvalue weighted by Crippen LogP contribution is 2.46.